The van der Waals surface area contributed by atoms with Crippen LogP contribution >= 0.6 is 11.3 Å². The number of guanidine groups is 1. The second kappa shape index (κ2) is 9.79. The Bertz CT molecular complexity index is 1220. The summed E-state index contributed by atoms with van der Waals surface area (Å²) in [4.78, 5) is 16.6. The number of nitrogens with zero attached hydrogens (tertiary/aromatic N) is 1. The normalized spacial score (nSPS) is 11.2. The lowest BCUT2D eigenvalue weighted by Crippen LogP contribution is -2.20. The summed E-state index contributed by atoms with van der Waals surface area (Å²) >= 11 is 1.27. The standard InChI is InChI=1S/C21H23N5O4S2/c1-32(29,30)16-9-4-14(5-10-16)12-18-17(25-20(31-18)26-21(27)28)11-6-13-2-7-15(8-3-13)24-19(22)23/h2-5,7-10H,6,11-12H2,1H3,(H,25,26)(H,27,28)(H4,22,23,24). The monoisotopic (exact) mass is 473 g/mol. The minimum Gasteiger partial charge on any atom is -0.465 e. The van der Waals surface area contributed by atoms with Crippen molar-refractivity contribution in [1.82, 2.24) is 4.98 Å². The molecule has 0 saturated carbocycles. The highest BCUT2D eigenvalue weighted by Crippen LogP contribution is 2.27. The van der Waals surface area contributed by atoms with Gasteiger partial charge in [0.1, 0.15) is 0 Å². The average molecular weight is 474 g/mol. The maximum atomic E-state index is 11.7. The van der Waals surface area contributed by atoms with Crippen LogP contribution < -0.4 is 16.4 Å². The number of carboxylic acid groups (broad SMARTS) is 1. The molecule has 3 rings (SSSR count). The summed E-state index contributed by atoms with van der Waals surface area (Å²) in [6, 6.07) is 14.2. The summed E-state index contributed by atoms with van der Waals surface area (Å²) in [7, 11) is -3.27. The summed E-state index contributed by atoms with van der Waals surface area (Å²) in [6.07, 6.45) is 1.79. The SMILES string of the molecule is CS(=O)(=O)c1ccc(Cc2sc(NC(=O)O)nc2CCc2ccc(NC(=N)N)cc2)cc1. The molecule has 0 radical (unpaired) electrons. The Balaban J connectivity index is 1.76. The van der Waals surface area contributed by atoms with Gasteiger partial charge in [-0.15, -0.1) is 11.3 Å². The highest BCUT2D eigenvalue weighted by atomic mass is 32.2. The molecule has 1 heterocycles. The van der Waals surface area contributed by atoms with Crippen molar-refractivity contribution in [2.75, 3.05) is 16.9 Å². The van der Waals surface area contributed by atoms with Gasteiger partial charge in [0, 0.05) is 23.2 Å². The number of hydrogen-bond donors (Lipinski definition) is 5. The Morgan fingerprint density at radius 3 is 2.25 bits per heavy atom. The maximum absolute atomic E-state index is 11.7. The van der Waals surface area contributed by atoms with Crippen molar-refractivity contribution >= 4 is 44.0 Å². The molecule has 11 heteroatoms. The molecular weight excluding hydrogens is 450 g/mol. The predicted octanol–water partition coefficient (Wildman–Crippen LogP) is 3.32. The first-order valence-corrected chi connectivity index (χ1v) is 12.3. The third kappa shape index (κ3) is 6.53. The number of sulfone groups is 1. The molecular formula is C21H23N5O4S2. The number of amides is 1. The molecule has 1 aromatic heterocycles. The van der Waals surface area contributed by atoms with E-state index in [9.17, 15) is 13.2 Å². The van der Waals surface area contributed by atoms with Gasteiger partial charge in [0.2, 0.25) is 0 Å². The first-order valence-electron chi connectivity index (χ1n) is 9.57. The zero-order valence-electron chi connectivity index (χ0n) is 17.3. The fourth-order valence-electron chi connectivity index (χ4n) is 3.07. The summed E-state index contributed by atoms with van der Waals surface area (Å²) in [6.45, 7) is 0. The van der Waals surface area contributed by atoms with Gasteiger partial charge in [-0.25, -0.2) is 18.2 Å². The minimum atomic E-state index is -3.27. The van der Waals surface area contributed by atoms with Crippen LogP contribution in [0.4, 0.5) is 15.6 Å². The topological polar surface area (TPSA) is 158 Å². The van der Waals surface area contributed by atoms with Crippen LogP contribution in [0.25, 0.3) is 0 Å². The van der Waals surface area contributed by atoms with Crippen molar-refractivity contribution in [3.05, 3.63) is 70.2 Å². The van der Waals surface area contributed by atoms with Crippen LogP contribution in [0.3, 0.4) is 0 Å². The van der Waals surface area contributed by atoms with Gasteiger partial charge in [-0.1, -0.05) is 24.3 Å². The van der Waals surface area contributed by atoms with Crippen molar-refractivity contribution in [3.63, 3.8) is 0 Å². The Labute approximate surface area is 189 Å². The first kappa shape index (κ1) is 23.2. The van der Waals surface area contributed by atoms with Gasteiger partial charge in [0.05, 0.1) is 10.6 Å². The number of benzene rings is 2. The maximum Gasteiger partial charge on any atom is 0.410 e. The molecule has 0 bridgehead atoms. The highest BCUT2D eigenvalue weighted by Gasteiger charge is 2.14. The number of carbonyl (C=O) groups is 1. The molecule has 6 N–H and O–H groups in total. The van der Waals surface area contributed by atoms with E-state index in [1.807, 2.05) is 24.3 Å². The number of aryl methyl sites for hydroxylation is 2. The highest BCUT2D eigenvalue weighted by molar-refractivity contribution is 7.90. The molecule has 0 saturated heterocycles. The molecule has 0 aliphatic heterocycles. The molecule has 0 atom stereocenters. The molecule has 0 aliphatic rings. The summed E-state index contributed by atoms with van der Waals surface area (Å²) in [5.74, 6) is -0.132. The van der Waals surface area contributed by atoms with Crippen molar-refractivity contribution in [2.24, 2.45) is 5.73 Å². The van der Waals surface area contributed by atoms with Crippen molar-refractivity contribution in [3.8, 4) is 0 Å². The number of hydrogen-bond acceptors (Lipinski definition) is 6. The molecule has 168 valence electrons. The van der Waals surface area contributed by atoms with Crippen LogP contribution in [0.2, 0.25) is 0 Å². The zero-order valence-corrected chi connectivity index (χ0v) is 18.9. The van der Waals surface area contributed by atoms with E-state index in [-0.39, 0.29) is 10.9 Å². The third-order valence-corrected chi connectivity index (χ3v) is 6.73. The van der Waals surface area contributed by atoms with E-state index in [2.05, 4.69) is 15.6 Å². The lowest BCUT2D eigenvalue weighted by Gasteiger charge is -2.06. The molecule has 0 unspecified atom stereocenters. The number of nitrogens with one attached hydrogen (secondary N) is 3. The van der Waals surface area contributed by atoms with Crippen molar-refractivity contribution in [1.29, 1.82) is 5.41 Å². The Kier molecular flexibility index (Phi) is 7.11. The Morgan fingerprint density at radius 2 is 1.69 bits per heavy atom. The van der Waals surface area contributed by atoms with Crippen LogP contribution in [0, 0.1) is 5.41 Å². The third-order valence-electron chi connectivity index (χ3n) is 4.59. The number of aromatic nitrogens is 1. The van der Waals surface area contributed by atoms with E-state index in [0.717, 1.165) is 33.6 Å². The van der Waals surface area contributed by atoms with E-state index in [0.29, 0.717) is 24.4 Å². The number of nitrogens with two attached hydrogens (primary N) is 1. The van der Waals surface area contributed by atoms with Gasteiger partial charge < -0.3 is 16.2 Å². The van der Waals surface area contributed by atoms with E-state index < -0.39 is 15.9 Å². The van der Waals surface area contributed by atoms with Crippen LogP contribution in [0.1, 0.15) is 21.7 Å². The van der Waals surface area contributed by atoms with E-state index in [4.69, 9.17) is 16.2 Å². The summed E-state index contributed by atoms with van der Waals surface area (Å²) in [5, 5.41) is 21.6. The molecule has 2 aromatic carbocycles. The molecule has 3 aromatic rings. The number of thiazole rings is 1. The lowest BCUT2D eigenvalue weighted by atomic mass is 10.0. The van der Waals surface area contributed by atoms with E-state index >= 15 is 0 Å². The summed E-state index contributed by atoms with van der Waals surface area (Å²) in [5.41, 5.74) is 8.81. The minimum absolute atomic E-state index is 0.132. The van der Waals surface area contributed by atoms with Gasteiger partial charge in [-0.05, 0) is 48.2 Å². The molecule has 9 nitrogen and oxygen atoms in total. The fraction of sp³-hybridized carbons (Fsp3) is 0.190. The molecule has 0 spiro atoms. The molecule has 1 amide bonds. The van der Waals surface area contributed by atoms with Crippen molar-refractivity contribution < 1.29 is 18.3 Å². The number of anilines is 2. The molecule has 0 aliphatic carbocycles. The number of rotatable bonds is 8. The van der Waals surface area contributed by atoms with Crippen LogP contribution in [0.15, 0.2) is 53.4 Å². The van der Waals surface area contributed by atoms with E-state index in [1.165, 1.54) is 11.3 Å². The van der Waals surface area contributed by atoms with Gasteiger partial charge in [-0.2, -0.15) is 0 Å². The molecule has 32 heavy (non-hydrogen) atoms. The molecule has 0 fully saturated rings. The fourth-order valence-corrected chi connectivity index (χ4v) is 4.74. The average Bonchev–Trinajstić information content (AvgIpc) is 3.07. The Morgan fingerprint density at radius 1 is 1.06 bits per heavy atom. The van der Waals surface area contributed by atoms with E-state index in [1.54, 1.807) is 24.3 Å². The second-order valence-electron chi connectivity index (χ2n) is 7.15. The van der Waals surface area contributed by atoms with Gasteiger partial charge in [-0.3, -0.25) is 10.7 Å². The van der Waals surface area contributed by atoms with Gasteiger partial charge in [0.15, 0.2) is 20.9 Å². The largest absolute Gasteiger partial charge is 0.465 e. The Hall–Kier alpha value is -3.44. The van der Waals surface area contributed by atoms with Crippen LogP contribution in [-0.2, 0) is 29.1 Å². The zero-order chi connectivity index (χ0) is 23.3. The predicted molar refractivity (Wildman–Crippen MR) is 126 cm³/mol. The smallest absolute Gasteiger partial charge is 0.410 e. The van der Waals surface area contributed by atoms with Crippen LogP contribution in [0.5, 0.6) is 0 Å². The second-order valence-corrected chi connectivity index (χ2v) is 10.2. The lowest BCUT2D eigenvalue weighted by molar-refractivity contribution is 0.209. The van der Waals surface area contributed by atoms with Gasteiger partial charge >= 0.3 is 6.09 Å². The quantitative estimate of drug-likeness (QED) is 0.248. The summed E-state index contributed by atoms with van der Waals surface area (Å²) < 4.78 is 23.3. The van der Waals surface area contributed by atoms with Crippen LogP contribution in [-0.4, -0.2) is 36.8 Å². The van der Waals surface area contributed by atoms with Crippen molar-refractivity contribution in [2.45, 2.75) is 24.2 Å². The first-order chi connectivity index (χ1) is 15.1. The van der Waals surface area contributed by atoms with Gasteiger partial charge in [0.25, 0.3) is 0 Å².